The van der Waals surface area contributed by atoms with Crippen LogP contribution in [0.2, 0.25) is 5.02 Å². The number of nitriles is 1. The third-order valence-electron chi connectivity index (χ3n) is 5.71. The van der Waals surface area contributed by atoms with Gasteiger partial charge in [0.2, 0.25) is 0 Å². The Balaban J connectivity index is 1.79. The molecule has 1 saturated carbocycles. The number of anilines is 2. The minimum absolute atomic E-state index is 0.0343. The Morgan fingerprint density at radius 2 is 1.87 bits per heavy atom. The van der Waals surface area contributed by atoms with Gasteiger partial charge in [-0.2, -0.15) is 5.26 Å². The van der Waals surface area contributed by atoms with Crippen LogP contribution in [0, 0.1) is 11.3 Å². The quantitative estimate of drug-likeness (QED) is 0.654. The first-order valence-corrected chi connectivity index (χ1v) is 12.0. The van der Waals surface area contributed by atoms with Gasteiger partial charge in [-0.15, -0.1) is 0 Å². The number of piperidine rings is 1. The van der Waals surface area contributed by atoms with Gasteiger partial charge in [-0.05, 0) is 67.9 Å². The van der Waals surface area contributed by atoms with Gasteiger partial charge in [0.25, 0.3) is 10.0 Å². The van der Waals surface area contributed by atoms with Crippen molar-refractivity contribution in [3.05, 3.63) is 52.0 Å². The normalized spacial score (nSPS) is 16.6. The zero-order chi connectivity index (χ0) is 22.2. The molecule has 9 heteroatoms. The van der Waals surface area contributed by atoms with Gasteiger partial charge in [0, 0.05) is 13.1 Å². The van der Waals surface area contributed by atoms with Crippen molar-refractivity contribution >= 4 is 39.0 Å². The number of nitrogens with zero attached hydrogens (tertiary/aromatic N) is 2. The molecular formula is C22H22ClN3O4S. The number of carboxylic acid groups (broad SMARTS) is 1. The maximum absolute atomic E-state index is 13.4. The summed E-state index contributed by atoms with van der Waals surface area (Å²) in [5, 5.41) is 19.0. The smallest absolute Gasteiger partial charge is 0.335 e. The maximum atomic E-state index is 13.4. The molecule has 2 aliphatic rings. The highest BCUT2D eigenvalue weighted by atomic mass is 35.5. The Morgan fingerprint density at radius 1 is 1.16 bits per heavy atom. The lowest BCUT2D eigenvalue weighted by molar-refractivity contribution is 0.0696. The fraction of sp³-hybridized carbons (Fsp3) is 0.364. The monoisotopic (exact) mass is 459 g/mol. The highest BCUT2D eigenvalue weighted by Crippen LogP contribution is 2.44. The standard InChI is InChI=1S/C22H22ClN3O4S/c23-18-12-20(26-8-2-1-3-9-26)19(10-16(18)13-24)25-31(29,30)21-11-15(22(27)28)6-7-17(21)14-4-5-14/h6-7,10-12,14,25H,1-5,8-9H2,(H,27,28). The molecule has 2 fully saturated rings. The van der Waals surface area contributed by atoms with Crippen molar-refractivity contribution < 1.29 is 18.3 Å². The first-order chi connectivity index (χ1) is 14.8. The van der Waals surface area contributed by atoms with Crippen LogP contribution in [0.25, 0.3) is 0 Å². The Morgan fingerprint density at radius 3 is 2.48 bits per heavy atom. The van der Waals surface area contributed by atoms with Crippen molar-refractivity contribution in [2.24, 2.45) is 0 Å². The molecule has 4 rings (SSSR count). The van der Waals surface area contributed by atoms with Crippen molar-refractivity contribution in [3.63, 3.8) is 0 Å². The first-order valence-electron chi connectivity index (χ1n) is 10.2. The molecule has 0 spiro atoms. The Bertz CT molecular complexity index is 1180. The number of rotatable bonds is 6. The number of nitrogens with one attached hydrogen (secondary N) is 1. The first kappa shape index (κ1) is 21.5. The van der Waals surface area contributed by atoms with Crippen LogP contribution in [-0.4, -0.2) is 32.6 Å². The number of benzene rings is 2. The summed E-state index contributed by atoms with van der Waals surface area (Å²) in [5.74, 6) is -1.08. The number of aromatic carboxylic acids is 1. The number of sulfonamides is 1. The van der Waals surface area contributed by atoms with E-state index in [0.29, 0.717) is 11.3 Å². The molecule has 1 heterocycles. The van der Waals surface area contributed by atoms with E-state index in [-0.39, 0.29) is 32.7 Å². The van der Waals surface area contributed by atoms with Gasteiger partial charge in [0.15, 0.2) is 0 Å². The SMILES string of the molecule is N#Cc1cc(NS(=O)(=O)c2cc(C(=O)O)ccc2C2CC2)c(N2CCCCC2)cc1Cl. The maximum Gasteiger partial charge on any atom is 0.335 e. The van der Waals surface area contributed by atoms with Gasteiger partial charge in [0.05, 0.1) is 32.4 Å². The summed E-state index contributed by atoms with van der Waals surface area (Å²) >= 11 is 6.25. The molecule has 7 nitrogen and oxygen atoms in total. The topological polar surface area (TPSA) is 110 Å². The largest absolute Gasteiger partial charge is 0.478 e. The molecule has 0 radical (unpaired) electrons. The van der Waals surface area contributed by atoms with Crippen LogP contribution in [0.1, 0.15) is 59.5 Å². The zero-order valence-electron chi connectivity index (χ0n) is 16.8. The van der Waals surface area contributed by atoms with Crippen molar-refractivity contribution in [1.29, 1.82) is 5.26 Å². The van der Waals surface area contributed by atoms with E-state index in [1.165, 1.54) is 18.2 Å². The van der Waals surface area contributed by atoms with Crippen LogP contribution in [-0.2, 0) is 10.0 Å². The van der Waals surface area contributed by atoms with Gasteiger partial charge >= 0.3 is 5.97 Å². The van der Waals surface area contributed by atoms with Gasteiger partial charge in [-0.25, -0.2) is 13.2 Å². The second kappa shape index (κ2) is 8.40. The van der Waals surface area contributed by atoms with Crippen LogP contribution in [0.5, 0.6) is 0 Å². The molecule has 0 bridgehead atoms. The third-order valence-corrected chi connectivity index (χ3v) is 7.45. The van der Waals surface area contributed by atoms with E-state index in [0.717, 1.165) is 45.2 Å². The summed E-state index contributed by atoms with van der Waals surface area (Å²) in [6.45, 7) is 1.53. The minimum Gasteiger partial charge on any atom is -0.478 e. The molecule has 1 aliphatic carbocycles. The summed E-state index contributed by atoms with van der Waals surface area (Å²) in [4.78, 5) is 13.5. The van der Waals surface area contributed by atoms with Gasteiger partial charge < -0.3 is 10.0 Å². The van der Waals surface area contributed by atoms with Gasteiger partial charge in [-0.3, -0.25) is 4.72 Å². The average Bonchev–Trinajstić information content (AvgIpc) is 3.60. The van der Waals surface area contributed by atoms with E-state index in [1.807, 2.05) is 6.07 Å². The molecule has 162 valence electrons. The van der Waals surface area contributed by atoms with E-state index in [1.54, 1.807) is 12.1 Å². The molecule has 1 saturated heterocycles. The van der Waals surface area contributed by atoms with E-state index in [9.17, 15) is 23.6 Å². The molecule has 2 aromatic carbocycles. The lowest BCUT2D eigenvalue weighted by atomic mass is 10.1. The summed E-state index contributed by atoms with van der Waals surface area (Å²) in [6.07, 6.45) is 4.81. The van der Waals surface area contributed by atoms with E-state index in [2.05, 4.69) is 9.62 Å². The Kier molecular flexibility index (Phi) is 5.82. The zero-order valence-corrected chi connectivity index (χ0v) is 18.3. The average molecular weight is 460 g/mol. The molecule has 0 aromatic heterocycles. The van der Waals surface area contributed by atoms with Crippen LogP contribution in [0.3, 0.4) is 0 Å². The fourth-order valence-electron chi connectivity index (χ4n) is 3.96. The second-order valence-corrected chi connectivity index (χ2v) is 10.0. The van der Waals surface area contributed by atoms with E-state index in [4.69, 9.17) is 11.6 Å². The predicted molar refractivity (Wildman–Crippen MR) is 118 cm³/mol. The fourth-order valence-corrected chi connectivity index (χ4v) is 5.55. The predicted octanol–water partition coefficient (Wildman–Crippen LogP) is 4.58. The van der Waals surface area contributed by atoms with Crippen molar-refractivity contribution in [2.75, 3.05) is 22.7 Å². The van der Waals surface area contributed by atoms with Crippen LogP contribution in [0.4, 0.5) is 11.4 Å². The summed E-state index contributed by atoms with van der Waals surface area (Å²) in [6, 6.07) is 9.29. The number of hydrogen-bond acceptors (Lipinski definition) is 5. The molecule has 0 amide bonds. The summed E-state index contributed by atoms with van der Waals surface area (Å²) in [5.41, 5.74) is 1.59. The molecule has 31 heavy (non-hydrogen) atoms. The lowest BCUT2D eigenvalue weighted by Crippen LogP contribution is -2.30. The van der Waals surface area contributed by atoms with Gasteiger partial charge in [-0.1, -0.05) is 17.7 Å². The number of carbonyl (C=O) groups is 1. The molecule has 2 N–H and O–H groups in total. The minimum atomic E-state index is -4.10. The summed E-state index contributed by atoms with van der Waals surface area (Å²) in [7, 11) is -4.10. The van der Waals surface area contributed by atoms with Crippen molar-refractivity contribution in [1.82, 2.24) is 0 Å². The highest BCUT2D eigenvalue weighted by molar-refractivity contribution is 7.92. The van der Waals surface area contributed by atoms with Crippen LogP contribution < -0.4 is 9.62 Å². The van der Waals surface area contributed by atoms with Gasteiger partial charge in [0.1, 0.15) is 6.07 Å². The number of carboxylic acids is 1. The highest BCUT2D eigenvalue weighted by Gasteiger charge is 2.32. The number of hydrogen-bond donors (Lipinski definition) is 2. The van der Waals surface area contributed by atoms with E-state index < -0.39 is 16.0 Å². The summed E-state index contributed by atoms with van der Waals surface area (Å²) < 4.78 is 29.4. The second-order valence-electron chi connectivity index (χ2n) is 7.95. The molecule has 2 aromatic rings. The van der Waals surface area contributed by atoms with Crippen molar-refractivity contribution in [3.8, 4) is 6.07 Å². The molecule has 0 atom stereocenters. The third kappa shape index (κ3) is 4.48. The van der Waals surface area contributed by atoms with E-state index >= 15 is 0 Å². The van der Waals surface area contributed by atoms with Crippen LogP contribution >= 0.6 is 11.6 Å². The lowest BCUT2D eigenvalue weighted by Gasteiger charge is -2.31. The Hall–Kier alpha value is -2.76. The van der Waals surface area contributed by atoms with Crippen molar-refractivity contribution in [2.45, 2.75) is 42.9 Å². The molecular weight excluding hydrogens is 438 g/mol. The Labute approximate surface area is 186 Å². The number of halogens is 1. The molecule has 0 unspecified atom stereocenters. The molecule has 1 aliphatic heterocycles. The van der Waals surface area contributed by atoms with Crippen LogP contribution in [0.15, 0.2) is 35.2 Å².